The number of rotatable bonds is 6. The molecule has 2 aliphatic rings. The first kappa shape index (κ1) is 21.4. The molecule has 3 N–H and O–H groups in total. The van der Waals surface area contributed by atoms with Crippen molar-refractivity contribution in [2.45, 2.75) is 25.3 Å². The molecule has 0 aromatic heterocycles. The predicted molar refractivity (Wildman–Crippen MR) is 118 cm³/mol. The lowest BCUT2D eigenvalue weighted by molar-refractivity contribution is -0.136. The van der Waals surface area contributed by atoms with Crippen LogP contribution < -0.4 is 10.6 Å². The number of urea groups is 1. The van der Waals surface area contributed by atoms with E-state index < -0.39 is 11.9 Å². The van der Waals surface area contributed by atoms with Gasteiger partial charge in [-0.15, -0.1) is 0 Å². The fourth-order valence-electron chi connectivity index (χ4n) is 3.79. The van der Waals surface area contributed by atoms with Crippen molar-refractivity contribution in [2.75, 3.05) is 19.6 Å². The Labute approximate surface area is 184 Å². The molecule has 0 atom stereocenters. The van der Waals surface area contributed by atoms with Gasteiger partial charge in [-0.1, -0.05) is 36.4 Å². The van der Waals surface area contributed by atoms with Crippen molar-refractivity contribution < 1.29 is 24.2 Å². The fraction of sp³-hybridized carbons (Fsp3) is 0.304. The highest BCUT2D eigenvalue weighted by atomic mass is 16.6. The van der Waals surface area contributed by atoms with Crippen LogP contribution in [0.25, 0.3) is 10.8 Å². The van der Waals surface area contributed by atoms with Crippen LogP contribution in [0.5, 0.6) is 0 Å². The van der Waals surface area contributed by atoms with E-state index >= 15 is 0 Å². The predicted octanol–water partition coefficient (Wildman–Crippen LogP) is 2.22. The summed E-state index contributed by atoms with van der Waals surface area (Å²) in [6.07, 6.45) is 3.00. The van der Waals surface area contributed by atoms with Gasteiger partial charge in [0.15, 0.2) is 5.70 Å². The van der Waals surface area contributed by atoms with Crippen LogP contribution in [-0.2, 0) is 14.3 Å². The first-order chi connectivity index (χ1) is 15.5. The van der Waals surface area contributed by atoms with Crippen LogP contribution in [0.4, 0.5) is 4.79 Å². The molecule has 2 heterocycles. The zero-order chi connectivity index (χ0) is 22.5. The molecule has 166 valence electrons. The van der Waals surface area contributed by atoms with Crippen LogP contribution in [0.15, 0.2) is 59.4 Å². The van der Waals surface area contributed by atoms with Crippen LogP contribution in [0.3, 0.4) is 0 Å². The topological polar surface area (TPSA) is 120 Å². The Bertz CT molecular complexity index is 1100. The third-order valence-electron chi connectivity index (χ3n) is 5.43. The Kier molecular flexibility index (Phi) is 6.34. The van der Waals surface area contributed by atoms with Crippen molar-refractivity contribution in [2.24, 2.45) is 4.99 Å². The number of piperidine rings is 1. The maximum atomic E-state index is 12.4. The Morgan fingerprint density at radius 1 is 1.16 bits per heavy atom. The number of benzene rings is 2. The molecule has 2 aliphatic heterocycles. The SMILES string of the molecule is O=C(O)CCNC(=O)NC1CCN(/C=C2/N=C(c3cccc4ccccc34)OC2=O)CC1. The standard InChI is InChI=1S/C23H24N4O5/c28-20(29)8-11-24-23(31)25-16-9-12-27(13-10-16)14-19-22(30)32-21(26-19)18-7-3-5-15-4-1-2-6-17(15)18/h1-7,14,16H,8-13H2,(H,28,29)(H2,24,25,31)/b19-14+. The summed E-state index contributed by atoms with van der Waals surface area (Å²) in [5, 5.41) is 16.0. The zero-order valence-corrected chi connectivity index (χ0v) is 17.4. The molecule has 9 heteroatoms. The highest BCUT2D eigenvalue weighted by Gasteiger charge is 2.27. The van der Waals surface area contributed by atoms with Crippen LogP contribution in [-0.4, -0.2) is 59.6 Å². The van der Waals surface area contributed by atoms with E-state index in [1.807, 2.05) is 47.4 Å². The van der Waals surface area contributed by atoms with Gasteiger partial charge in [0.05, 0.1) is 6.42 Å². The summed E-state index contributed by atoms with van der Waals surface area (Å²) in [5.74, 6) is -1.14. The lowest BCUT2D eigenvalue weighted by Gasteiger charge is -2.31. The average molecular weight is 436 g/mol. The van der Waals surface area contributed by atoms with Crippen molar-refractivity contribution in [3.63, 3.8) is 0 Å². The largest absolute Gasteiger partial charge is 0.481 e. The number of carboxylic acids is 1. The summed E-state index contributed by atoms with van der Waals surface area (Å²) in [6.45, 7) is 1.39. The number of ether oxygens (including phenoxy) is 1. The summed E-state index contributed by atoms with van der Waals surface area (Å²) in [6, 6.07) is 13.3. The van der Waals surface area contributed by atoms with Gasteiger partial charge in [0.2, 0.25) is 5.90 Å². The zero-order valence-electron chi connectivity index (χ0n) is 17.4. The molecule has 9 nitrogen and oxygen atoms in total. The monoisotopic (exact) mass is 436 g/mol. The molecule has 0 saturated carbocycles. The Morgan fingerprint density at radius 2 is 1.91 bits per heavy atom. The summed E-state index contributed by atoms with van der Waals surface area (Å²) in [7, 11) is 0. The van der Waals surface area contributed by atoms with Gasteiger partial charge in [0.1, 0.15) is 0 Å². The van der Waals surface area contributed by atoms with E-state index in [9.17, 15) is 14.4 Å². The highest BCUT2D eigenvalue weighted by molar-refractivity contribution is 6.16. The van der Waals surface area contributed by atoms with E-state index in [0.29, 0.717) is 31.8 Å². The molecule has 2 aromatic carbocycles. The minimum atomic E-state index is -0.955. The fourth-order valence-corrected chi connectivity index (χ4v) is 3.79. The Morgan fingerprint density at radius 3 is 2.69 bits per heavy atom. The maximum absolute atomic E-state index is 12.4. The summed E-state index contributed by atoms with van der Waals surface area (Å²) in [5.41, 5.74) is 1.03. The first-order valence-electron chi connectivity index (χ1n) is 10.5. The summed E-state index contributed by atoms with van der Waals surface area (Å²) in [4.78, 5) is 41.2. The number of nitrogens with zero attached hydrogens (tertiary/aromatic N) is 2. The summed E-state index contributed by atoms with van der Waals surface area (Å²) >= 11 is 0. The van der Waals surface area contributed by atoms with Gasteiger partial charge in [-0.2, -0.15) is 0 Å². The number of carbonyl (C=O) groups excluding carboxylic acids is 2. The lowest BCUT2D eigenvalue weighted by Crippen LogP contribution is -2.47. The molecule has 4 rings (SSSR count). The second kappa shape index (κ2) is 9.51. The van der Waals surface area contributed by atoms with E-state index in [1.54, 1.807) is 6.20 Å². The molecular weight excluding hydrogens is 412 g/mol. The van der Waals surface area contributed by atoms with Crippen LogP contribution in [0.2, 0.25) is 0 Å². The molecule has 0 bridgehead atoms. The number of esters is 1. The van der Waals surface area contributed by atoms with Gasteiger partial charge < -0.3 is 25.4 Å². The maximum Gasteiger partial charge on any atom is 0.365 e. The van der Waals surface area contributed by atoms with Crippen molar-refractivity contribution in [1.82, 2.24) is 15.5 Å². The van der Waals surface area contributed by atoms with E-state index in [-0.39, 0.29) is 30.7 Å². The quantitative estimate of drug-likeness (QED) is 0.472. The van der Waals surface area contributed by atoms with E-state index in [0.717, 1.165) is 16.3 Å². The van der Waals surface area contributed by atoms with Gasteiger partial charge in [-0.3, -0.25) is 4.79 Å². The number of cyclic esters (lactones) is 1. The van der Waals surface area contributed by atoms with E-state index in [2.05, 4.69) is 15.6 Å². The smallest absolute Gasteiger partial charge is 0.365 e. The third-order valence-corrected chi connectivity index (χ3v) is 5.43. The number of hydrogen-bond donors (Lipinski definition) is 3. The first-order valence-corrected chi connectivity index (χ1v) is 10.5. The molecule has 0 spiro atoms. The minimum absolute atomic E-state index is 0.0141. The van der Waals surface area contributed by atoms with Crippen LogP contribution in [0, 0.1) is 0 Å². The number of fused-ring (bicyclic) bond motifs is 1. The molecule has 0 unspecified atom stereocenters. The van der Waals surface area contributed by atoms with Gasteiger partial charge in [-0.25, -0.2) is 14.6 Å². The van der Waals surface area contributed by atoms with E-state index in [4.69, 9.17) is 9.84 Å². The minimum Gasteiger partial charge on any atom is -0.481 e. The van der Waals surface area contributed by atoms with Crippen molar-refractivity contribution >= 4 is 34.6 Å². The highest BCUT2D eigenvalue weighted by Crippen LogP contribution is 2.24. The molecule has 0 aliphatic carbocycles. The number of carboxylic acid groups (broad SMARTS) is 1. The molecule has 2 amide bonds. The number of aliphatic imine (C=N–C) groups is 1. The van der Waals surface area contributed by atoms with Gasteiger partial charge in [0, 0.05) is 37.4 Å². The number of carbonyl (C=O) groups is 3. The molecule has 2 aromatic rings. The van der Waals surface area contributed by atoms with Gasteiger partial charge in [0.25, 0.3) is 0 Å². The van der Waals surface area contributed by atoms with Gasteiger partial charge >= 0.3 is 18.0 Å². The van der Waals surface area contributed by atoms with Crippen molar-refractivity contribution in [3.05, 3.63) is 59.9 Å². The molecule has 1 fully saturated rings. The molecule has 1 saturated heterocycles. The Balaban J connectivity index is 1.36. The van der Waals surface area contributed by atoms with Crippen LogP contribution >= 0.6 is 0 Å². The number of amides is 2. The normalized spacial score (nSPS) is 17.9. The average Bonchev–Trinajstić information content (AvgIpc) is 3.14. The Hall–Kier alpha value is -3.88. The van der Waals surface area contributed by atoms with E-state index in [1.165, 1.54) is 0 Å². The molecule has 0 radical (unpaired) electrons. The second-order valence-corrected chi connectivity index (χ2v) is 7.70. The lowest BCUT2D eigenvalue weighted by atomic mass is 10.0. The molecule has 32 heavy (non-hydrogen) atoms. The van der Waals surface area contributed by atoms with Gasteiger partial charge in [-0.05, 0) is 29.7 Å². The number of nitrogens with one attached hydrogen (secondary N) is 2. The second-order valence-electron chi connectivity index (χ2n) is 7.70. The molecular formula is C23H24N4O5. The number of likely N-dealkylation sites (tertiary alicyclic amines) is 1. The number of hydrogen-bond acceptors (Lipinski definition) is 6. The van der Waals surface area contributed by atoms with Crippen LogP contribution in [0.1, 0.15) is 24.8 Å². The summed E-state index contributed by atoms with van der Waals surface area (Å²) < 4.78 is 5.45. The van der Waals surface area contributed by atoms with Crippen molar-refractivity contribution in [1.29, 1.82) is 0 Å². The third kappa shape index (κ3) is 5.05. The number of aliphatic carboxylic acids is 1. The van der Waals surface area contributed by atoms with Crippen molar-refractivity contribution in [3.8, 4) is 0 Å².